The number of rotatable bonds is 7. The average Bonchev–Trinajstić information content (AvgIpc) is 2.44. The highest BCUT2D eigenvalue weighted by Crippen LogP contribution is 2.16. The zero-order valence-corrected chi connectivity index (χ0v) is 11.6. The first-order valence-corrected chi connectivity index (χ1v) is 6.50. The molecule has 4 nitrogen and oxygen atoms in total. The molecule has 0 heterocycles. The number of hydrogen-bond donors (Lipinski definition) is 2. The van der Waals surface area contributed by atoms with Crippen LogP contribution in [0, 0.1) is 0 Å². The van der Waals surface area contributed by atoms with Crippen molar-refractivity contribution in [3.05, 3.63) is 42.5 Å². The Bertz CT molecular complexity index is 418. The van der Waals surface area contributed by atoms with Gasteiger partial charge in [-0.15, -0.1) is 6.58 Å². The third-order valence-corrected chi connectivity index (χ3v) is 2.83. The third-order valence-electron chi connectivity index (χ3n) is 2.83. The first-order chi connectivity index (χ1) is 9.21. The number of methoxy groups -OCH3 is 1. The lowest BCUT2D eigenvalue weighted by molar-refractivity contribution is 0.238. The van der Waals surface area contributed by atoms with Crippen LogP contribution in [0.5, 0.6) is 5.75 Å². The van der Waals surface area contributed by atoms with E-state index in [1.54, 1.807) is 13.2 Å². The van der Waals surface area contributed by atoms with Crippen molar-refractivity contribution in [1.82, 2.24) is 10.6 Å². The largest absolute Gasteiger partial charge is 0.496 e. The molecule has 0 aliphatic rings. The Labute approximate surface area is 114 Å². The zero-order chi connectivity index (χ0) is 14.1. The summed E-state index contributed by atoms with van der Waals surface area (Å²) in [5.41, 5.74) is 0.950. The summed E-state index contributed by atoms with van der Waals surface area (Å²) in [6, 6.07) is 7.44. The molecule has 0 unspecified atom stereocenters. The van der Waals surface area contributed by atoms with Crippen LogP contribution in [0.3, 0.4) is 0 Å². The molecule has 0 radical (unpaired) electrons. The Balaban J connectivity index is 2.47. The molecule has 0 aliphatic carbocycles. The Morgan fingerprint density at radius 1 is 1.47 bits per heavy atom. The molecule has 1 aromatic rings. The summed E-state index contributed by atoms with van der Waals surface area (Å²) in [7, 11) is 1.62. The molecule has 0 fully saturated rings. The molecule has 4 heteroatoms. The van der Waals surface area contributed by atoms with E-state index in [-0.39, 0.29) is 12.1 Å². The number of carbonyl (C=O) groups excluding carboxylic acids is 1. The summed E-state index contributed by atoms with van der Waals surface area (Å²) in [6.45, 7) is 6.23. The lowest BCUT2D eigenvalue weighted by atomic mass is 10.2. The van der Waals surface area contributed by atoms with E-state index in [1.165, 1.54) is 0 Å². The molecule has 2 N–H and O–H groups in total. The molecule has 104 valence electrons. The van der Waals surface area contributed by atoms with Crippen molar-refractivity contribution in [2.75, 3.05) is 7.11 Å². The molecule has 0 aromatic heterocycles. The van der Waals surface area contributed by atoms with Gasteiger partial charge in [0.15, 0.2) is 0 Å². The van der Waals surface area contributed by atoms with E-state index in [4.69, 9.17) is 4.74 Å². The standard InChI is InChI=1S/C15H22N2O2/c1-4-8-13(5-2)17-15(18)16-11-12-9-6-7-10-14(12)19-3/h5-7,9-10,13H,2,4,8,11H2,1,3H3,(H2,16,17,18)/t13-/m0/s1. The maximum Gasteiger partial charge on any atom is 0.315 e. The van der Waals surface area contributed by atoms with E-state index in [0.29, 0.717) is 6.54 Å². The molecule has 0 aliphatic heterocycles. The van der Waals surface area contributed by atoms with E-state index in [0.717, 1.165) is 24.2 Å². The number of urea groups is 1. The molecule has 1 aromatic carbocycles. The second-order valence-corrected chi connectivity index (χ2v) is 4.27. The molecular formula is C15H22N2O2. The van der Waals surface area contributed by atoms with Crippen molar-refractivity contribution in [3.63, 3.8) is 0 Å². The molecular weight excluding hydrogens is 240 g/mol. The first kappa shape index (κ1) is 15.1. The van der Waals surface area contributed by atoms with E-state index in [9.17, 15) is 4.79 Å². The van der Waals surface area contributed by atoms with Crippen molar-refractivity contribution >= 4 is 6.03 Å². The van der Waals surface area contributed by atoms with Gasteiger partial charge in [-0.1, -0.05) is 37.6 Å². The minimum Gasteiger partial charge on any atom is -0.496 e. The Morgan fingerprint density at radius 2 is 2.21 bits per heavy atom. The quantitative estimate of drug-likeness (QED) is 0.742. The topological polar surface area (TPSA) is 50.4 Å². The van der Waals surface area contributed by atoms with Gasteiger partial charge in [0.2, 0.25) is 0 Å². The molecule has 1 rings (SSSR count). The number of para-hydroxylation sites is 1. The van der Waals surface area contributed by atoms with Gasteiger partial charge >= 0.3 is 6.03 Å². The van der Waals surface area contributed by atoms with Gasteiger partial charge < -0.3 is 15.4 Å². The van der Waals surface area contributed by atoms with Crippen molar-refractivity contribution < 1.29 is 9.53 Å². The maximum absolute atomic E-state index is 11.7. The van der Waals surface area contributed by atoms with Gasteiger partial charge in [0.1, 0.15) is 5.75 Å². The smallest absolute Gasteiger partial charge is 0.315 e. The number of ether oxygens (including phenoxy) is 1. The van der Waals surface area contributed by atoms with Crippen molar-refractivity contribution in [1.29, 1.82) is 0 Å². The molecule has 0 bridgehead atoms. The summed E-state index contributed by atoms with van der Waals surface area (Å²) < 4.78 is 5.23. The minimum absolute atomic E-state index is 0.0164. The number of hydrogen-bond acceptors (Lipinski definition) is 2. The van der Waals surface area contributed by atoms with Crippen LogP contribution in [0.2, 0.25) is 0 Å². The normalized spacial score (nSPS) is 11.5. The van der Waals surface area contributed by atoms with Crippen LogP contribution >= 0.6 is 0 Å². The molecule has 0 saturated carbocycles. The fourth-order valence-electron chi connectivity index (χ4n) is 1.80. The predicted octanol–water partition coefficient (Wildman–Crippen LogP) is 2.85. The van der Waals surface area contributed by atoms with Crippen LogP contribution in [0.15, 0.2) is 36.9 Å². The van der Waals surface area contributed by atoms with Gasteiger partial charge in [-0.05, 0) is 12.5 Å². The second-order valence-electron chi connectivity index (χ2n) is 4.27. The van der Waals surface area contributed by atoms with Gasteiger partial charge in [-0.3, -0.25) is 0 Å². The minimum atomic E-state index is -0.191. The molecule has 0 spiro atoms. The Kier molecular flexibility index (Phi) is 6.50. The van der Waals surface area contributed by atoms with E-state index < -0.39 is 0 Å². The lowest BCUT2D eigenvalue weighted by Crippen LogP contribution is -2.40. The number of carbonyl (C=O) groups is 1. The van der Waals surface area contributed by atoms with Gasteiger partial charge in [0.25, 0.3) is 0 Å². The fraction of sp³-hybridized carbons (Fsp3) is 0.400. The average molecular weight is 262 g/mol. The lowest BCUT2D eigenvalue weighted by Gasteiger charge is -2.15. The summed E-state index contributed by atoms with van der Waals surface area (Å²) in [4.78, 5) is 11.7. The van der Waals surface area contributed by atoms with Crippen LogP contribution in [-0.2, 0) is 6.54 Å². The molecule has 19 heavy (non-hydrogen) atoms. The summed E-state index contributed by atoms with van der Waals surface area (Å²) in [5.74, 6) is 0.775. The summed E-state index contributed by atoms with van der Waals surface area (Å²) >= 11 is 0. The Morgan fingerprint density at radius 3 is 2.84 bits per heavy atom. The van der Waals surface area contributed by atoms with Crippen LogP contribution in [0.4, 0.5) is 4.79 Å². The predicted molar refractivity (Wildman–Crippen MR) is 77.3 cm³/mol. The highest BCUT2D eigenvalue weighted by molar-refractivity contribution is 5.74. The third kappa shape index (κ3) is 5.04. The zero-order valence-electron chi connectivity index (χ0n) is 11.6. The SMILES string of the molecule is C=C[C@@H](CCC)NC(=O)NCc1ccccc1OC. The van der Waals surface area contributed by atoms with Crippen molar-refractivity contribution in [2.45, 2.75) is 32.4 Å². The summed E-state index contributed by atoms with van der Waals surface area (Å²) in [5, 5.41) is 5.69. The summed E-state index contributed by atoms with van der Waals surface area (Å²) in [6.07, 6.45) is 3.65. The second kappa shape index (κ2) is 8.19. The van der Waals surface area contributed by atoms with Gasteiger partial charge in [0, 0.05) is 18.2 Å². The number of nitrogens with one attached hydrogen (secondary N) is 2. The van der Waals surface area contributed by atoms with Crippen LogP contribution < -0.4 is 15.4 Å². The molecule has 0 saturated heterocycles. The van der Waals surface area contributed by atoms with Crippen LogP contribution in [0.25, 0.3) is 0 Å². The van der Waals surface area contributed by atoms with Gasteiger partial charge in [0.05, 0.1) is 7.11 Å². The highest BCUT2D eigenvalue weighted by atomic mass is 16.5. The number of benzene rings is 1. The monoisotopic (exact) mass is 262 g/mol. The maximum atomic E-state index is 11.7. The fourth-order valence-corrected chi connectivity index (χ4v) is 1.80. The van der Waals surface area contributed by atoms with E-state index in [1.807, 2.05) is 24.3 Å². The van der Waals surface area contributed by atoms with E-state index >= 15 is 0 Å². The van der Waals surface area contributed by atoms with Crippen molar-refractivity contribution in [3.8, 4) is 5.75 Å². The van der Waals surface area contributed by atoms with Gasteiger partial charge in [-0.2, -0.15) is 0 Å². The molecule has 1 atom stereocenters. The van der Waals surface area contributed by atoms with E-state index in [2.05, 4.69) is 24.1 Å². The first-order valence-electron chi connectivity index (χ1n) is 6.50. The number of amides is 2. The highest BCUT2D eigenvalue weighted by Gasteiger charge is 2.08. The van der Waals surface area contributed by atoms with Crippen LogP contribution in [0.1, 0.15) is 25.3 Å². The van der Waals surface area contributed by atoms with Crippen molar-refractivity contribution in [2.24, 2.45) is 0 Å². The van der Waals surface area contributed by atoms with Gasteiger partial charge in [-0.25, -0.2) is 4.79 Å². The van der Waals surface area contributed by atoms with Crippen LogP contribution in [-0.4, -0.2) is 19.2 Å². The Hall–Kier alpha value is -1.97. The molecule has 2 amide bonds.